The first-order valence-electron chi connectivity index (χ1n) is 11.7. The molecule has 2 heterocycles. The van der Waals surface area contributed by atoms with Crippen molar-refractivity contribution in [3.8, 4) is 0 Å². The van der Waals surface area contributed by atoms with Crippen molar-refractivity contribution in [3.63, 3.8) is 0 Å². The van der Waals surface area contributed by atoms with Crippen LogP contribution in [0.5, 0.6) is 0 Å². The van der Waals surface area contributed by atoms with Gasteiger partial charge in [-0.15, -0.1) is 0 Å². The molecule has 0 bridgehead atoms. The van der Waals surface area contributed by atoms with Gasteiger partial charge in [0.15, 0.2) is 0 Å². The van der Waals surface area contributed by atoms with Crippen molar-refractivity contribution in [2.24, 2.45) is 0 Å². The summed E-state index contributed by atoms with van der Waals surface area (Å²) in [6.07, 6.45) is 5.92. The molecule has 1 aliphatic heterocycles. The van der Waals surface area contributed by atoms with E-state index in [-0.39, 0.29) is 5.91 Å². The highest BCUT2D eigenvalue weighted by Gasteiger charge is 2.32. The molecular weight excluding hydrogens is 536 g/mol. The lowest BCUT2D eigenvalue weighted by molar-refractivity contribution is -0.122. The van der Waals surface area contributed by atoms with Crippen molar-refractivity contribution in [1.29, 1.82) is 0 Å². The van der Waals surface area contributed by atoms with Gasteiger partial charge >= 0.3 is 0 Å². The van der Waals surface area contributed by atoms with E-state index in [4.69, 9.17) is 12.2 Å². The Bertz CT molecular complexity index is 1420. The largest absolute Gasteiger partial charge is 0.342 e. The zero-order valence-electron chi connectivity index (χ0n) is 19.4. The van der Waals surface area contributed by atoms with Gasteiger partial charge in [-0.25, -0.2) is 0 Å². The molecule has 0 radical (unpaired) electrons. The van der Waals surface area contributed by atoms with Gasteiger partial charge in [0.25, 0.3) is 5.91 Å². The number of hydrogen-bond donors (Lipinski definition) is 0. The fraction of sp³-hybridized carbons (Fsp3) is 0.172. The van der Waals surface area contributed by atoms with Crippen molar-refractivity contribution in [2.45, 2.75) is 26.3 Å². The van der Waals surface area contributed by atoms with Crippen LogP contribution in [-0.4, -0.2) is 26.2 Å². The maximum absolute atomic E-state index is 13.3. The van der Waals surface area contributed by atoms with E-state index in [1.807, 2.05) is 24.3 Å². The standard InChI is InChI=1S/C29H25BrN2OS2/c1-2-22-9-6-10-25-23(19-31(27(22)25)18-21-11-13-24(30)14-12-21)17-26-28(33)32(29(34)35-26)16-15-20-7-4-3-5-8-20/h3-14,17,19H,2,15-16,18H2,1H3/b26-17-. The predicted octanol–water partition coefficient (Wildman–Crippen LogP) is 7.46. The average Bonchev–Trinajstić information content (AvgIpc) is 3.35. The topological polar surface area (TPSA) is 25.2 Å². The van der Waals surface area contributed by atoms with E-state index < -0.39 is 0 Å². The molecular formula is C29H25BrN2OS2. The lowest BCUT2D eigenvalue weighted by atomic mass is 10.1. The summed E-state index contributed by atoms with van der Waals surface area (Å²) in [6, 6.07) is 25.1. The number of rotatable bonds is 7. The second-order valence-electron chi connectivity index (χ2n) is 8.57. The maximum atomic E-state index is 13.3. The quantitative estimate of drug-likeness (QED) is 0.173. The van der Waals surface area contributed by atoms with Crippen LogP contribution >= 0.6 is 39.9 Å². The minimum absolute atomic E-state index is 0.00335. The van der Waals surface area contributed by atoms with Crippen LogP contribution in [0.2, 0.25) is 0 Å². The number of carbonyl (C=O) groups excluding carboxylic acids is 1. The maximum Gasteiger partial charge on any atom is 0.266 e. The Kier molecular flexibility index (Phi) is 7.23. The normalized spacial score (nSPS) is 15.0. The summed E-state index contributed by atoms with van der Waals surface area (Å²) in [6.45, 7) is 3.55. The number of amides is 1. The van der Waals surface area contributed by atoms with Gasteiger partial charge in [-0.1, -0.05) is 107 Å². The Hall–Kier alpha value is -2.67. The van der Waals surface area contributed by atoms with Crippen LogP contribution in [0.3, 0.4) is 0 Å². The SMILES string of the molecule is CCc1cccc2c(/C=C3\SC(=S)N(CCc4ccccc4)C3=O)cn(Cc3ccc(Br)cc3)c12. The van der Waals surface area contributed by atoms with Crippen LogP contribution in [0.4, 0.5) is 0 Å². The average molecular weight is 562 g/mol. The monoisotopic (exact) mass is 560 g/mol. The molecule has 1 aliphatic rings. The molecule has 0 unspecified atom stereocenters. The molecule has 6 heteroatoms. The number of hydrogen-bond acceptors (Lipinski definition) is 3. The van der Waals surface area contributed by atoms with Crippen LogP contribution in [0, 0.1) is 0 Å². The molecule has 3 nitrogen and oxygen atoms in total. The van der Waals surface area contributed by atoms with Gasteiger partial charge in [-0.05, 0) is 47.7 Å². The number of para-hydroxylation sites is 1. The van der Waals surface area contributed by atoms with Gasteiger partial charge < -0.3 is 4.57 Å². The fourth-order valence-corrected chi connectivity index (χ4v) is 6.06. The highest BCUT2D eigenvalue weighted by Crippen LogP contribution is 2.35. The second kappa shape index (κ2) is 10.5. The van der Waals surface area contributed by atoms with Crippen LogP contribution in [0.1, 0.15) is 29.2 Å². The van der Waals surface area contributed by atoms with Gasteiger partial charge in [-0.2, -0.15) is 0 Å². The first-order valence-corrected chi connectivity index (χ1v) is 13.7. The number of nitrogens with zero attached hydrogens (tertiary/aromatic N) is 2. The molecule has 1 saturated heterocycles. The van der Waals surface area contributed by atoms with E-state index >= 15 is 0 Å². The van der Waals surface area contributed by atoms with E-state index in [0.717, 1.165) is 34.8 Å². The lowest BCUT2D eigenvalue weighted by Crippen LogP contribution is -2.30. The number of aryl methyl sites for hydroxylation is 1. The molecule has 0 aliphatic carbocycles. The molecule has 35 heavy (non-hydrogen) atoms. The summed E-state index contributed by atoms with van der Waals surface area (Å²) >= 11 is 10.5. The number of carbonyl (C=O) groups is 1. The van der Waals surface area contributed by atoms with E-state index in [1.54, 1.807) is 4.90 Å². The number of thioether (sulfide) groups is 1. The van der Waals surface area contributed by atoms with E-state index in [1.165, 1.54) is 34.0 Å². The number of fused-ring (bicyclic) bond motifs is 1. The Morgan fingerprint density at radius 1 is 0.971 bits per heavy atom. The Morgan fingerprint density at radius 3 is 2.49 bits per heavy atom. The smallest absolute Gasteiger partial charge is 0.266 e. The van der Waals surface area contributed by atoms with E-state index in [2.05, 4.69) is 88.2 Å². The van der Waals surface area contributed by atoms with E-state index in [0.29, 0.717) is 15.8 Å². The summed E-state index contributed by atoms with van der Waals surface area (Å²) in [5, 5.41) is 1.16. The molecule has 0 spiro atoms. The van der Waals surface area contributed by atoms with Gasteiger partial charge in [0.05, 0.1) is 10.4 Å². The third-order valence-corrected chi connectivity index (χ3v) is 8.19. The summed E-state index contributed by atoms with van der Waals surface area (Å²) < 4.78 is 4.01. The molecule has 1 fully saturated rings. The van der Waals surface area contributed by atoms with Crippen molar-refractivity contribution < 1.29 is 4.79 Å². The van der Waals surface area contributed by atoms with Crippen molar-refractivity contribution in [1.82, 2.24) is 9.47 Å². The van der Waals surface area contributed by atoms with Crippen LogP contribution in [0.25, 0.3) is 17.0 Å². The Morgan fingerprint density at radius 2 is 1.74 bits per heavy atom. The summed E-state index contributed by atoms with van der Waals surface area (Å²) in [4.78, 5) is 15.7. The minimum atomic E-state index is -0.00335. The van der Waals surface area contributed by atoms with Gasteiger partial charge in [-0.3, -0.25) is 9.69 Å². The molecule has 0 atom stereocenters. The third kappa shape index (κ3) is 5.15. The first kappa shape index (κ1) is 24.0. The number of thiocarbonyl (C=S) groups is 1. The highest BCUT2D eigenvalue weighted by molar-refractivity contribution is 9.10. The zero-order valence-corrected chi connectivity index (χ0v) is 22.6. The van der Waals surface area contributed by atoms with Gasteiger partial charge in [0.2, 0.25) is 0 Å². The minimum Gasteiger partial charge on any atom is -0.342 e. The Labute approximate surface area is 224 Å². The van der Waals surface area contributed by atoms with Crippen molar-refractivity contribution in [3.05, 3.63) is 111 Å². The molecule has 176 valence electrons. The molecule has 1 aromatic heterocycles. The molecule has 3 aromatic carbocycles. The predicted molar refractivity (Wildman–Crippen MR) is 155 cm³/mol. The van der Waals surface area contributed by atoms with Gasteiger partial charge in [0, 0.05) is 34.7 Å². The third-order valence-electron chi connectivity index (χ3n) is 6.29. The summed E-state index contributed by atoms with van der Waals surface area (Å²) in [5.74, 6) is -0.00335. The number of aromatic nitrogens is 1. The Balaban J connectivity index is 1.46. The first-order chi connectivity index (χ1) is 17.0. The summed E-state index contributed by atoms with van der Waals surface area (Å²) in [7, 11) is 0. The number of benzene rings is 3. The zero-order chi connectivity index (χ0) is 24.4. The van der Waals surface area contributed by atoms with Crippen LogP contribution in [0.15, 0.2) is 88.4 Å². The van der Waals surface area contributed by atoms with Crippen LogP contribution < -0.4 is 0 Å². The number of halogens is 1. The van der Waals surface area contributed by atoms with Crippen LogP contribution in [-0.2, 0) is 24.2 Å². The second-order valence-corrected chi connectivity index (χ2v) is 11.2. The van der Waals surface area contributed by atoms with E-state index in [9.17, 15) is 4.79 Å². The van der Waals surface area contributed by atoms with Gasteiger partial charge in [0.1, 0.15) is 4.32 Å². The molecule has 5 rings (SSSR count). The lowest BCUT2D eigenvalue weighted by Gasteiger charge is -2.14. The molecule has 0 saturated carbocycles. The fourth-order valence-electron chi connectivity index (χ4n) is 4.50. The summed E-state index contributed by atoms with van der Waals surface area (Å²) in [5.41, 5.74) is 6.01. The van der Waals surface area contributed by atoms with Crippen molar-refractivity contribution >= 4 is 67.1 Å². The van der Waals surface area contributed by atoms with Crippen molar-refractivity contribution in [2.75, 3.05) is 6.54 Å². The molecule has 4 aromatic rings. The molecule has 0 N–H and O–H groups in total. The highest BCUT2D eigenvalue weighted by atomic mass is 79.9. The molecule has 1 amide bonds.